The molecule has 5 rings (SSSR count). The van der Waals surface area contributed by atoms with Gasteiger partial charge in [0, 0.05) is 66.4 Å². The van der Waals surface area contributed by atoms with E-state index >= 15 is 4.39 Å². The molecule has 1 unspecified atom stereocenters. The smallest absolute Gasteiger partial charge is 0.412 e. The fraction of sp³-hybridized carbons (Fsp3) is 0.345. The van der Waals surface area contributed by atoms with E-state index in [1.807, 2.05) is 13.0 Å². The Bertz CT molecular complexity index is 1630. The van der Waals surface area contributed by atoms with Crippen molar-refractivity contribution in [2.24, 2.45) is 0 Å². The highest BCUT2D eigenvalue weighted by atomic mass is 19.1. The van der Waals surface area contributed by atoms with Gasteiger partial charge in [0.25, 0.3) is 0 Å². The van der Waals surface area contributed by atoms with Crippen LogP contribution in [0, 0.1) is 12.7 Å². The molecular formula is C29H32FN7O3. The second-order valence-corrected chi connectivity index (χ2v) is 11.1. The molecule has 40 heavy (non-hydrogen) atoms. The largest absolute Gasteiger partial charge is 0.444 e. The minimum Gasteiger partial charge on any atom is -0.444 e. The molecule has 3 aromatic heterocycles. The van der Waals surface area contributed by atoms with Gasteiger partial charge in [-0.05, 0) is 56.8 Å². The van der Waals surface area contributed by atoms with Gasteiger partial charge < -0.3 is 15.0 Å². The first-order valence-electron chi connectivity index (χ1n) is 13.0. The molecule has 1 aliphatic heterocycles. The fourth-order valence-corrected chi connectivity index (χ4v) is 4.81. The van der Waals surface area contributed by atoms with E-state index in [1.54, 1.807) is 68.0 Å². The number of ether oxygens (including phenoxy) is 1. The second kappa shape index (κ2) is 10.2. The van der Waals surface area contributed by atoms with Crippen LogP contribution < -0.4 is 10.6 Å². The molecule has 10 nitrogen and oxygen atoms in total. The first-order valence-corrected chi connectivity index (χ1v) is 13.0. The third kappa shape index (κ3) is 5.45. The van der Waals surface area contributed by atoms with E-state index in [2.05, 4.69) is 32.6 Å². The summed E-state index contributed by atoms with van der Waals surface area (Å²) in [7, 11) is 1.79. The lowest BCUT2D eigenvalue weighted by atomic mass is 9.98. The number of aromatic nitrogens is 4. The van der Waals surface area contributed by atoms with Crippen molar-refractivity contribution in [3.63, 3.8) is 0 Å². The van der Waals surface area contributed by atoms with Crippen LogP contribution in [0.25, 0.3) is 21.9 Å². The number of carbonyl (C=O) groups excluding carboxylic acids is 2. The maximum atomic E-state index is 16.0. The molecular weight excluding hydrogens is 513 g/mol. The van der Waals surface area contributed by atoms with Crippen LogP contribution in [0.4, 0.5) is 26.5 Å². The van der Waals surface area contributed by atoms with Crippen molar-refractivity contribution in [1.82, 2.24) is 24.6 Å². The van der Waals surface area contributed by atoms with Crippen molar-refractivity contribution in [1.29, 1.82) is 0 Å². The van der Waals surface area contributed by atoms with E-state index in [4.69, 9.17) is 4.74 Å². The first kappa shape index (κ1) is 27.0. The average molecular weight is 546 g/mol. The molecule has 2 amide bonds. The maximum Gasteiger partial charge on any atom is 0.412 e. The van der Waals surface area contributed by atoms with Crippen molar-refractivity contribution in [2.75, 3.05) is 24.2 Å². The van der Waals surface area contributed by atoms with Crippen LogP contribution in [0.15, 0.2) is 42.9 Å². The van der Waals surface area contributed by atoms with Gasteiger partial charge in [-0.1, -0.05) is 6.92 Å². The van der Waals surface area contributed by atoms with Crippen LogP contribution in [0.1, 0.15) is 44.9 Å². The van der Waals surface area contributed by atoms with Crippen molar-refractivity contribution < 1.29 is 18.7 Å². The number of carbonyl (C=O) groups is 2. The number of nitrogens with one attached hydrogen (secondary N) is 2. The number of aryl methyl sites for hydroxylation is 1. The third-order valence-corrected chi connectivity index (χ3v) is 6.75. The highest BCUT2D eigenvalue weighted by Crippen LogP contribution is 2.37. The Morgan fingerprint density at radius 1 is 1.15 bits per heavy atom. The molecule has 0 bridgehead atoms. The molecule has 0 radical (unpaired) electrons. The molecule has 0 saturated carbocycles. The highest BCUT2D eigenvalue weighted by Gasteiger charge is 2.25. The lowest BCUT2D eigenvalue weighted by Gasteiger charge is -2.21. The summed E-state index contributed by atoms with van der Waals surface area (Å²) in [5.41, 5.74) is 1.87. The molecule has 1 atom stereocenters. The number of likely N-dealkylation sites (N-methyl/N-ethyl adjacent to an activating group) is 1. The summed E-state index contributed by atoms with van der Waals surface area (Å²) >= 11 is 0. The first-order chi connectivity index (χ1) is 18.9. The van der Waals surface area contributed by atoms with Gasteiger partial charge in [0.05, 0.1) is 5.69 Å². The van der Waals surface area contributed by atoms with E-state index in [0.29, 0.717) is 34.5 Å². The lowest BCUT2D eigenvalue weighted by Crippen LogP contribution is -2.29. The number of nitrogens with zero attached hydrogens (tertiary/aromatic N) is 5. The van der Waals surface area contributed by atoms with Gasteiger partial charge in [-0.25, -0.2) is 14.2 Å². The average Bonchev–Trinajstić information content (AvgIpc) is 3.22. The zero-order chi connectivity index (χ0) is 28.8. The molecule has 0 saturated heterocycles. The van der Waals surface area contributed by atoms with Gasteiger partial charge in [0.1, 0.15) is 18.0 Å². The number of anilines is 3. The van der Waals surface area contributed by atoms with Crippen LogP contribution in [0.5, 0.6) is 0 Å². The lowest BCUT2D eigenvalue weighted by molar-refractivity contribution is -0.130. The van der Waals surface area contributed by atoms with Crippen LogP contribution >= 0.6 is 0 Å². The zero-order valence-corrected chi connectivity index (χ0v) is 23.4. The summed E-state index contributed by atoms with van der Waals surface area (Å²) in [4.78, 5) is 35.4. The minimum absolute atomic E-state index is 0.00523. The van der Waals surface area contributed by atoms with E-state index in [0.717, 1.165) is 11.3 Å². The van der Waals surface area contributed by atoms with Gasteiger partial charge in [-0.3, -0.25) is 19.8 Å². The van der Waals surface area contributed by atoms with Crippen LogP contribution in [0.3, 0.4) is 0 Å². The predicted molar refractivity (Wildman–Crippen MR) is 151 cm³/mol. The van der Waals surface area contributed by atoms with Crippen LogP contribution in [-0.2, 0) is 16.1 Å². The SMILES string of the molecule is Cc1ccncc1-c1cc2cc(Nc3cc4n(n3)CC(=O)N(C)CC4C)ncc2c(NC(=O)OC(C)(C)C)c1F. The third-order valence-electron chi connectivity index (χ3n) is 6.75. The van der Waals surface area contributed by atoms with Gasteiger partial charge in [-0.15, -0.1) is 0 Å². The minimum atomic E-state index is -0.774. The van der Waals surface area contributed by atoms with Gasteiger partial charge in [-0.2, -0.15) is 5.10 Å². The normalized spacial score (nSPS) is 15.5. The Morgan fingerprint density at radius 3 is 2.65 bits per heavy atom. The second-order valence-electron chi connectivity index (χ2n) is 11.1. The standard InChI is InChI=1S/C29H32FN7O3/c1-16-7-8-31-12-20(16)19-9-18-10-23(32-13-21(18)27(26(19)30)34-28(39)40-29(3,4)5)33-24-11-22-17(2)14-36(6)25(38)15-37(22)35-24/h7-13,17H,14-15H2,1-6H3,(H,34,39)(H,32,33,35). The number of halogens is 1. The summed E-state index contributed by atoms with van der Waals surface area (Å²) in [6.07, 6.45) is 3.96. The van der Waals surface area contributed by atoms with Crippen molar-refractivity contribution in [3.8, 4) is 11.1 Å². The molecule has 11 heteroatoms. The van der Waals surface area contributed by atoms with Crippen molar-refractivity contribution in [2.45, 2.75) is 52.7 Å². The molecule has 2 N–H and O–H groups in total. The quantitative estimate of drug-likeness (QED) is 0.343. The predicted octanol–water partition coefficient (Wildman–Crippen LogP) is 5.61. The molecule has 4 heterocycles. The zero-order valence-electron chi connectivity index (χ0n) is 23.4. The number of benzene rings is 1. The van der Waals surface area contributed by atoms with Gasteiger partial charge in [0.2, 0.25) is 5.91 Å². The molecule has 1 aliphatic rings. The number of hydrogen-bond donors (Lipinski definition) is 2. The maximum absolute atomic E-state index is 16.0. The monoisotopic (exact) mass is 545 g/mol. The van der Waals surface area contributed by atoms with Crippen LogP contribution in [0.2, 0.25) is 0 Å². The summed E-state index contributed by atoms with van der Waals surface area (Å²) < 4.78 is 23.1. The van der Waals surface area contributed by atoms with Gasteiger partial charge >= 0.3 is 6.09 Å². The Morgan fingerprint density at radius 2 is 1.93 bits per heavy atom. The molecule has 4 aromatic rings. The van der Waals surface area contributed by atoms with E-state index in [9.17, 15) is 9.59 Å². The summed E-state index contributed by atoms with van der Waals surface area (Å²) in [6.45, 7) is 9.90. The molecule has 0 spiro atoms. The van der Waals surface area contributed by atoms with Gasteiger partial charge in [0.15, 0.2) is 11.6 Å². The molecule has 0 aliphatic carbocycles. The number of fused-ring (bicyclic) bond motifs is 2. The molecule has 0 fully saturated rings. The van der Waals surface area contributed by atoms with Crippen LogP contribution in [-0.4, -0.2) is 55.8 Å². The summed E-state index contributed by atoms with van der Waals surface area (Å²) in [6, 6.07) is 7.18. The number of pyridine rings is 2. The van der Waals surface area contributed by atoms with E-state index in [1.165, 1.54) is 6.20 Å². The molecule has 1 aromatic carbocycles. The number of amides is 2. The summed E-state index contributed by atoms with van der Waals surface area (Å²) in [5.74, 6) is 0.510. The Balaban J connectivity index is 1.56. The molecule has 208 valence electrons. The Labute approximate surface area is 231 Å². The number of hydrogen-bond acceptors (Lipinski definition) is 7. The van der Waals surface area contributed by atoms with E-state index in [-0.39, 0.29) is 29.6 Å². The summed E-state index contributed by atoms with van der Waals surface area (Å²) in [5, 5.41) is 11.4. The Hall–Kier alpha value is -4.54. The van der Waals surface area contributed by atoms with Crippen molar-refractivity contribution in [3.05, 3.63) is 59.9 Å². The number of rotatable bonds is 4. The highest BCUT2D eigenvalue weighted by molar-refractivity contribution is 6.03. The fourth-order valence-electron chi connectivity index (χ4n) is 4.81. The Kier molecular flexibility index (Phi) is 6.91. The van der Waals surface area contributed by atoms with E-state index < -0.39 is 17.5 Å². The van der Waals surface area contributed by atoms with Crippen molar-refractivity contribution >= 4 is 40.1 Å². The topological polar surface area (TPSA) is 114 Å².